The maximum atomic E-state index is 11.6. The molecule has 4 aliphatic rings. The standard InChI is InChI=1S/C24H32O7/c1-24-9-8-14-13-5-3-12(25)10-11(13)2-4-15(14)16(24)6-7-17(24)21-19(27)18(26)20(28)22(31-21)23(29)30/h3,5,10,14-22,25-28H,2,4,6-9H2,1H3,(H,29,30)/t14-,15-,16+,17-,18-,19-,20+,21+,22+,24+/m1/s1. The second kappa shape index (κ2) is 7.44. The summed E-state index contributed by atoms with van der Waals surface area (Å²) >= 11 is 0. The fraction of sp³-hybridized carbons (Fsp3) is 0.708. The van der Waals surface area contributed by atoms with E-state index >= 15 is 0 Å². The van der Waals surface area contributed by atoms with Crippen molar-refractivity contribution in [1.29, 1.82) is 0 Å². The molecule has 1 aromatic rings. The molecular formula is C24H32O7. The van der Waals surface area contributed by atoms with Crippen LogP contribution in [-0.4, -0.2) is 62.0 Å². The van der Waals surface area contributed by atoms with Crippen LogP contribution in [0.1, 0.15) is 56.1 Å². The lowest BCUT2D eigenvalue weighted by Gasteiger charge is -2.53. The monoisotopic (exact) mass is 432 g/mol. The van der Waals surface area contributed by atoms with Gasteiger partial charge in [0.25, 0.3) is 0 Å². The van der Waals surface area contributed by atoms with Crippen molar-refractivity contribution in [3.05, 3.63) is 29.3 Å². The van der Waals surface area contributed by atoms with Gasteiger partial charge in [-0.2, -0.15) is 0 Å². The summed E-state index contributed by atoms with van der Waals surface area (Å²) in [5.74, 6) is 0.319. The van der Waals surface area contributed by atoms with E-state index in [2.05, 4.69) is 13.0 Å². The third kappa shape index (κ3) is 3.12. The highest BCUT2D eigenvalue weighted by molar-refractivity contribution is 5.73. The molecule has 7 heteroatoms. The Kier molecular flexibility index (Phi) is 5.09. The number of aliphatic hydroxyl groups is 3. The summed E-state index contributed by atoms with van der Waals surface area (Å²) in [6.45, 7) is 2.24. The maximum Gasteiger partial charge on any atom is 0.335 e. The normalized spacial score (nSPS) is 46.6. The van der Waals surface area contributed by atoms with Crippen LogP contribution in [0, 0.1) is 23.2 Å². The molecule has 170 valence electrons. The molecule has 0 spiro atoms. The highest BCUT2D eigenvalue weighted by Crippen LogP contribution is 2.64. The molecule has 0 unspecified atom stereocenters. The van der Waals surface area contributed by atoms with Crippen molar-refractivity contribution >= 4 is 5.97 Å². The van der Waals surface area contributed by atoms with E-state index < -0.39 is 36.5 Å². The lowest BCUT2D eigenvalue weighted by molar-refractivity contribution is -0.246. The number of benzene rings is 1. The van der Waals surface area contributed by atoms with Gasteiger partial charge >= 0.3 is 5.97 Å². The second-order valence-corrected chi connectivity index (χ2v) is 10.4. The van der Waals surface area contributed by atoms with Gasteiger partial charge in [0, 0.05) is 0 Å². The summed E-state index contributed by atoms with van der Waals surface area (Å²) in [5, 5.41) is 50.4. The van der Waals surface area contributed by atoms with Crippen molar-refractivity contribution in [2.75, 3.05) is 0 Å². The lowest BCUT2D eigenvalue weighted by Crippen LogP contribution is -2.62. The zero-order valence-corrected chi connectivity index (χ0v) is 17.7. The molecule has 1 heterocycles. The first-order valence-corrected chi connectivity index (χ1v) is 11.5. The minimum absolute atomic E-state index is 0.0707. The fourth-order valence-corrected chi connectivity index (χ4v) is 7.59. The molecule has 0 radical (unpaired) electrons. The van der Waals surface area contributed by atoms with Crippen LogP contribution in [0.2, 0.25) is 0 Å². The maximum absolute atomic E-state index is 11.6. The van der Waals surface area contributed by atoms with Crippen LogP contribution in [0.15, 0.2) is 18.2 Å². The third-order valence-corrected chi connectivity index (χ3v) is 9.07. The van der Waals surface area contributed by atoms with Crippen molar-refractivity contribution in [3.63, 3.8) is 0 Å². The van der Waals surface area contributed by atoms with Crippen molar-refractivity contribution in [2.45, 2.75) is 81.9 Å². The molecule has 1 saturated heterocycles. The lowest BCUT2D eigenvalue weighted by atomic mass is 9.53. The average Bonchev–Trinajstić information content (AvgIpc) is 3.08. The fourth-order valence-electron chi connectivity index (χ4n) is 7.59. The van der Waals surface area contributed by atoms with E-state index in [4.69, 9.17) is 4.74 Å². The number of phenolic OH excluding ortho intramolecular Hbond substituents is 1. The van der Waals surface area contributed by atoms with Gasteiger partial charge < -0.3 is 30.3 Å². The molecule has 7 nitrogen and oxygen atoms in total. The Balaban J connectivity index is 1.42. The SMILES string of the molecule is C[C@]12CC[C@@H]3c4ccc(O)cc4CC[C@H]3[C@@H]1CC[C@@H]2[C@@H]1O[C@H](C(=O)O)[C@@H](O)[C@H](O)[C@H]1O. The van der Waals surface area contributed by atoms with E-state index in [0.29, 0.717) is 23.5 Å². The van der Waals surface area contributed by atoms with Gasteiger partial charge in [0.1, 0.15) is 24.1 Å². The van der Waals surface area contributed by atoms with Crippen molar-refractivity contribution in [3.8, 4) is 5.75 Å². The predicted octanol–water partition coefficient (Wildman–Crippen LogP) is 1.80. The number of aryl methyl sites for hydroxylation is 1. The summed E-state index contributed by atoms with van der Waals surface area (Å²) < 4.78 is 5.76. The topological polar surface area (TPSA) is 127 Å². The number of aromatic hydroxyl groups is 1. The smallest absolute Gasteiger partial charge is 0.335 e. The first-order chi connectivity index (χ1) is 14.7. The molecule has 31 heavy (non-hydrogen) atoms. The van der Waals surface area contributed by atoms with Crippen LogP contribution in [0.4, 0.5) is 0 Å². The number of hydrogen-bond acceptors (Lipinski definition) is 6. The summed E-state index contributed by atoms with van der Waals surface area (Å²) in [6.07, 6.45) is -1.09. The van der Waals surface area contributed by atoms with Gasteiger partial charge in [0.05, 0.1) is 6.10 Å². The molecule has 5 N–H and O–H groups in total. The second-order valence-electron chi connectivity index (χ2n) is 10.4. The summed E-state index contributed by atoms with van der Waals surface area (Å²) in [6, 6.07) is 5.74. The van der Waals surface area contributed by atoms with Gasteiger partial charge in [-0.15, -0.1) is 0 Å². The zero-order chi connectivity index (χ0) is 22.1. The number of carbonyl (C=O) groups is 1. The van der Waals surface area contributed by atoms with Gasteiger partial charge in [-0.25, -0.2) is 4.79 Å². The highest BCUT2D eigenvalue weighted by atomic mass is 16.6. The molecule has 1 aliphatic heterocycles. The molecular weight excluding hydrogens is 400 g/mol. The van der Waals surface area contributed by atoms with Gasteiger partial charge in [0.15, 0.2) is 6.10 Å². The van der Waals surface area contributed by atoms with Crippen molar-refractivity contribution < 1.29 is 35.1 Å². The quantitative estimate of drug-likeness (QED) is 0.482. The van der Waals surface area contributed by atoms with Crippen LogP contribution in [0.3, 0.4) is 0 Å². The largest absolute Gasteiger partial charge is 0.508 e. The number of carboxylic acids is 1. The number of rotatable bonds is 2. The molecule has 10 atom stereocenters. The Morgan fingerprint density at radius 2 is 1.77 bits per heavy atom. The van der Waals surface area contributed by atoms with E-state index in [1.807, 2.05) is 6.07 Å². The van der Waals surface area contributed by atoms with Gasteiger partial charge in [0.2, 0.25) is 0 Å². The van der Waals surface area contributed by atoms with Crippen molar-refractivity contribution in [1.82, 2.24) is 0 Å². The number of fused-ring (bicyclic) bond motifs is 5. The Labute approximate surface area is 181 Å². The van der Waals surface area contributed by atoms with Crippen LogP contribution < -0.4 is 0 Å². The molecule has 0 bridgehead atoms. The number of ether oxygens (including phenoxy) is 1. The molecule has 3 fully saturated rings. The minimum atomic E-state index is -1.64. The van der Waals surface area contributed by atoms with Crippen LogP contribution in [-0.2, 0) is 16.0 Å². The number of hydrogen-bond donors (Lipinski definition) is 5. The van der Waals surface area contributed by atoms with E-state index in [0.717, 1.165) is 38.5 Å². The zero-order valence-electron chi connectivity index (χ0n) is 17.7. The number of aliphatic hydroxyl groups excluding tert-OH is 3. The summed E-state index contributed by atoms with van der Waals surface area (Å²) in [7, 11) is 0. The molecule has 2 saturated carbocycles. The summed E-state index contributed by atoms with van der Waals surface area (Å²) in [4.78, 5) is 11.6. The minimum Gasteiger partial charge on any atom is -0.508 e. The molecule has 1 aromatic carbocycles. The van der Waals surface area contributed by atoms with Crippen LogP contribution in [0.25, 0.3) is 0 Å². The number of carboxylic acid groups (broad SMARTS) is 1. The third-order valence-electron chi connectivity index (χ3n) is 9.07. The molecule has 3 aliphatic carbocycles. The predicted molar refractivity (Wildman–Crippen MR) is 111 cm³/mol. The van der Waals surface area contributed by atoms with Gasteiger partial charge in [-0.1, -0.05) is 13.0 Å². The van der Waals surface area contributed by atoms with Gasteiger partial charge in [-0.05, 0) is 90.9 Å². The Hall–Kier alpha value is -1.67. The van der Waals surface area contributed by atoms with E-state index in [-0.39, 0.29) is 11.3 Å². The van der Waals surface area contributed by atoms with E-state index in [1.54, 1.807) is 6.07 Å². The molecule has 0 amide bonds. The van der Waals surface area contributed by atoms with Gasteiger partial charge in [-0.3, -0.25) is 0 Å². The molecule has 5 rings (SSSR count). The van der Waals surface area contributed by atoms with Crippen LogP contribution in [0.5, 0.6) is 5.75 Å². The highest BCUT2D eigenvalue weighted by Gasteiger charge is 2.60. The average molecular weight is 433 g/mol. The number of phenols is 1. The Bertz CT molecular complexity index is 871. The van der Waals surface area contributed by atoms with Crippen molar-refractivity contribution in [2.24, 2.45) is 23.2 Å². The summed E-state index contributed by atoms with van der Waals surface area (Å²) in [5.41, 5.74) is 2.47. The Morgan fingerprint density at radius 3 is 2.52 bits per heavy atom. The first-order valence-electron chi connectivity index (χ1n) is 11.5. The first kappa shape index (κ1) is 21.2. The molecule has 0 aromatic heterocycles. The van der Waals surface area contributed by atoms with E-state index in [9.17, 15) is 30.3 Å². The Morgan fingerprint density at radius 1 is 1.03 bits per heavy atom. The number of aliphatic carboxylic acids is 1. The van der Waals surface area contributed by atoms with Crippen LogP contribution >= 0.6 is 0 Å². The van der Waals surface area contributed by atoms with E-state index in [1.165, 1.54) is 11.1 Å².